The van der Waals surface area contributed by atoms with Crippen molar-refractivity contribution in [3.63, 3.8) is 0 Å². The van der Waals surface area contributed by atoms with Crippen LogP contribution in [0.5, 0.6) is 0 Å². The first-order chi connectivity index (χ1) is 9.85. The molecule has 0 N–H and O–H groups in total. The first-order valence-electron chi connectivity index (χ1n) is 8.12. The molecule has 0 nitrogen and oxygen atoms in total. The van der Waals surface area contributed by atoms with Crippen LogP contribution in [0.15, 0.2) is 36.4 Å². The molecule has 0 aliphatic heterocycles. The molecule has 0 saturated heterocycles. The Morgan fingerprint density at radius 2 is 1.43 bits per heavy atom. The molecule has 0 atom stereocenters. The third kappa shape index (κ3) is 1.96. The largest absolute Gasteiger partial charge is 0.0619 e. The average Bonchev–Trinajstić information content (AvgIpc) is 2.67. The zero-order valence-electron chi connectivity index (χ0n) is 14.1. The van der Waals surface area contributed by atoms with Gasteiger partial charge in [-0.25, -0.2) is 0 Å². The molecule has 2 aromatic carbocycles. The van der Waals surface area contributed by atoms with E-state index in [1.807, 2.05) is 0 Å². The molecule has 0 heterocycles. The topological polar surface area (TPSA) is 0 Å². The molecular weight excluding hydrogens is 252 g/mol. The molecule has 3 rings (SSSR count). The Kier molecular flexibility index (Phi) is 3.24. The zero-order valence-corrected chi connectivity index (χ0v) is 14.1. The molecule has 2 aromatic rings. The second kappa shape index (κ2) is 4.73. The number of benzene rings is 2. The van der Waals surface area contributed by atoms with Gasteiger partial charge in [-0.1, -0.05) is 77.9 Å². The van der Waals surface area contributed by atoms with E-state index in [1.165, 1.54) is 27.8 Å². The molecule has 0 fully saturated rings. The summed E-state index contributed by atoms with van der Waals surface area (Å²) in [5, 5.41) is 0. The third-order valence-corrected chi connectivity index (χ3v) is 5.02. The van der Waals surface area contributed by atoms with Crippen LogP contribution in [0.1, 0.15) is 75.6 Å². The van der Waals surface area contributed by atoms with Gasteiger partial charge in [-0.15, -0.1) is 0 Å². The molecule has 0 amide bonds. The Balaban J connectivity index is 2.42. The maximum atomic E-state index is 2.37. The number of hydrogen-bond donors (Lipinski definition) is 0. The molecule has 1 aliphatic rings. The van der Waals surface area contributed by atoms with Gasteiger partial charge in [0.25, 0.3) is 0 Å². The summed E-state index contributed by atoms with van der Waals surface area (Å²) in [5.41, 5.74) is 9.11. The molecule has 0 aromatic heterocycles. The minimum absolute atomic E-state index is 0.116. The van der Waals surface area contributed by atoms with Crippen LogP contribution in [0.4, 0.5) is 0 Å². The van der Waals surface area contributed by atoms with Crippen molar-refractivity contribution in [2.24, 2.45) is 0 Å². The minimum atomic E-state index is 0.116. The van der Waals surface area contributed by atoms with Gasteiger partial charge in [0.15, 0.2) is 0 Å². The quantitative estimate of drug-likeness (QED) is 0.610. The van der Waals surface area contributed by atoms with E-state index in [2.05, 4.69) is 77.9 Å². The van der Waals surface area contributed by atoms with E-state index in [4.69, 9.17) is 0 Å². The van der Waals surface area contributed by atoms with Gasteiger partial charge in [-0.3, -0.25) is 0 Å². The molecule has 0 unspecified atom stereocenters. The highest BCUT2D eigenvalue weighted by Gasteiger charge is 2.37. The fourth-order valence-corrected chi connectivity index (χ4v) is 3.96. The lowest BCUT2D eigenvalue weighted by molar-refractivity contribution is 0.658. The SMILES string of the molecule is CC(C)c1ccc2c(c1C(C)C)-c1ccccc1C2(C)C. The van der Waals surface area contributed by atoms with Crippen LogP contribution in [0.25, 0.3) is 11.1 Å². The number of fused-ring (bicyclic) bond motifs is 3. The van der Waals surface area contributed by atoms with Crippen LogP contribution in [0.3, 0.4) is 0 Å². The van der Waals surface area contributed by atoms with Crippen molar-refractivity contribution >= 4 is 0 Å². The lowest BCUT2D eigenvalue weighted by Gasteiger charge is -2.24. The molecule has 0 radical (unpaired) electrons. The number of hydrogen-bond acceptors (Lipinski definition) is 0. The summed E-state index contributed by atoms with van der Waals surface area (Å²) in [4.78, 5) is 0. The summed E-state index contributed by atoms with van der Waals surface area (Å²) in [6.45, 7) is 14.0. The van der Waals surface area contributed by atoms with Crippen LogP contribution in [-0.2, 0) is 5.41 Å². The Morgan fingerprint density at radius 1 is 0.762 bits per heavy atom. The van der Waals surface area contributed by atoms with Crippen LogP contribution >= 0.6 is 0 Å². The van der Waals surface area contributed by atoms with Crippen molar-refractivity contribution in [1.82, 2.24) is 0 Å². The summed E-state index contributed by atoms with van der Waals surface area (Å²) >= 11 is 0. The third-order valence-electron chi connectivity index (χ3n) is 5.02. The lowest BCUT2D eigenvalue weighted by Crippen LogP contribution is -2.15. The second-order valence-electron chi connectivity index (χ2n) is 7.47. The van der Waals surface area contributed by atoms with E-state index in [9.17, 15) is 0 Å². The monoisotopic (exact) mass is 278 g/mol. The van der Waals surface area contributed by atoms with Crippen molar-refractivity contribution < 1.29 is 0 Å². The second-order valence-corrected chi connectivity index (χ2v) is 7.47. The maximum absolute atomic E-state index is 2.37. The van der Waals surface area contributed by atoms with Gasteiger partial charge in [-0.05, 0) is 45.2 Å². The fraction of sp³-hybridized carbons (Fsp3) is 0.429. The van der Waals surface area contributed by atoms with E-state index in [0.29, 0.717) is 11.8 Å². The molecule has 110 valence electrons. The van der Waals surface area contributed by atoms with E-state index in [0.717, 1.165) is 0 Å². The predicted molar refractivity (Wildman–Crippen MR) is 92.2 cm³/mol. The highest BCUT2D eigenvalue weighted by atomic mass is 14.4. The van der Waals surface area contributed by atoms with E-state index in [1.54, 1.807) is 5.56 Å². The van der Waals surface area contributed by atoms with Crippen LogP contribution < -0.4 is 0 Å². The smallest absolute Gasteiger partial charge is 0.0158 e. The van der Waals surface area contributed by atoms with Gasteiger partial charge in [0.2, 0.25) is 0 Å². The molecule has 0 heteroatoms. The van der Waals surface area contributed by atoms with Crippen molar-refractivity contribution in [3.8, 4) is 11.1 Å². The highest BCUT2D eigenvalue weighted by molar-refractivity contribution is 5.84. The highest BCUT2D eigenvalue weighted by Crippen LogP contribution is 2.52. The summed E-state index contributed by atoms with van der Waals surface area (Å²) in [6, 6.07) is 13.7. The Hall–Kier alpha value is -1.56. The van der Waals surface area contributed by atoms with Gasteiger partial charge in [0, 0.05) is 5.41 Å². The zero-order chi connectivity index (χ0) is 15.4. The van der Waals surface area contributed by atoms with Crippen LogP contribution in [-0.4, -0.2) is 0 Å². The average molecular weight is 278 g/mol. The van der Waals surface area contributed by atoms with E-state index in [-0.39, 0.29) is 5.41 Å². The predicted octanol–water partition coefficient (Wildman–Crippen LogP) is 6.24. The minimum Gasteiger partial charge on any atom is -0.0619 e. The number of rotatable bonds is 2. The fourth-order valence-electron chi connectivity index (χ4n) is 3.96. The van der Waals surface area contributed by atoms with Gasteiger partial charge >= 0.3 is 0 Å². The van der Waals surface area contributed by atoms with Gasteiger partial charge in [-0.2, -0.15) is 0 Å². The maximum Gasteiger partial charge on any atom is 0.0158 e. The first-order valence-corrected chi connectivity index (χ1v) is 8.12. The molecule has 1 aliphatic carbocycles. The van der Waals surface area contributed by atoms with Crippen molar-refractivity contribution in [2.75, 3.05) is 0 Å². The summed E-state index contributed by atoms with van der Waals surface area (Å²) < 4.78 is 0. The van der Waals surface area contributed by atoms with E-state index >= 15 is 0 Å². The molecule has 21 heavy (non-hydrogen) atoms. The van der Waals surface area contributed by atoms with Crippen molar-refractivity contribution in [2.45, 2.75) is 58.8 Å². The van der Waals surface area contributed by atoms with Gasteiger partial charge in [0.1, 0.15) is 0 Å². The van der Waals surface area contributed by atoms with Gasteiger partial charge in [0.05, 0.1) is 0 Å². The molecule has 0 bridgehead atoms. The standard InChI is InChI=1S/C21H26/c1-13(2)15-11-12-18-20(19(15)14(3)4)16-9-7-8-10-17(16)21(18,5)6/h7-14H,1-6H3. The molecule has 0 spiro atoms. The Morgan fingerprint density at radius 3 is 2.05 bits per heavy atom. The van der Waals surface area contributed by atoms with E-state index < -0.39 is 0 Å². The lowest BCUT2D eigenvalue weighted by atomic mass is 9.79. The summed E-state index contributed by atoms with van der Waals surface area (Å²) in [6.07, 6.45) is 0. The van der Waals surface area contributed by atoms with Crippen molar-refractivity contribution in [1.29, 1.82) is 0 Å². The normalized spacial score (nSPS) is 15.4. The Labute approximate surface area is 129 Å². The first kappa shape index (κ1) is 14.4. The molecular formula is C21H26. The van der Waals surface area contributed by atoms with Crippen LogP contribution in [0, 0.1) is 0 Å². The van der Waals surface area contributed by atoms with Crippen LogP contribution in [0.2, 0.25) is 0 Å². The van der Waals surface area contributed by atoms with Gasteiger partial charge < -0.3 is 0 Å². The Bertz CT molecular complexity index is 687. The molecule has 0 saturated carbocycles. The van der Waals surface area contributed by atoms with Crippen molar-refractivity contribution in [3.05, 3.63) is 58.7 Å². The summed E-state index contributed by atoms with van der Waals surface area (Å²) in [5.74, 6) is 1.13. The summed E-state index contributed by atoms with van der Waals surface area (Å²) in [7, 11) is 0.